The zero-order chi connectivity index (χ0) is 19.5. The highest BCUT2D eigenvalue weighted by molar-refractivity contribution is 9.13. The van der Waals surface area contributed by atoms with Crippen LogP contribution in [0.25, 0.3) is 0 Å². The quantitative estimate of drug-likeness (QED) is 0.277. The Hall–Kier alpha value is 0.240. The molecular weight excluding hydrogens is 608 g/mol. The Morgan fingerprint density at radius 1 is 0.778 bits per heavy atom. The van der Waals surface area contributed by atoms with E-state index < -0.39 is 18.0 Å². The van der Waals surface area contributed by atoms with Gasteiger partial charge in [-0.2, -0.15) is 0 Å². The summed E-state index contributed by atoms with van der Waals surface area (Å²) in [4.78, 5) is 0. The summed E-state index contributed by atoms with van der Waals surface area (Å²) in [5.74, 6) is 0. The lowest BCUT2D eigenvalue weighted by molar-refractivity contribution is -0.0902. The third-order valence-corrected chi connectivity index (χ3v) is 10.6. The van der Waals surface area contributed by atoms with E-state index in [0.29, 0.717) is 13.2 Å². The van der Waals surface area contributed by atoms with Crippen molar-refractivity contribution in [3.63, 3.8) is 0 Å². The minimum Gasteiger partial charge on any atom is -0.353 e. The zero-order valence-corrected chi connectivity index (χ0v) is 21.1. The van der Waals surface area contributed by atoms with Gasteiger partial charge in [-0.3, -0.25) is 0 Å². The van der Waals surface area contributed by atoms with E-state index in [0.717, 1.165) is 22.3 Å². The second kappa shape index (κ2) is 6.89. The molecule has 2 fully saturated rings. The first-order chi connectivity index (χ1) is 12.7. The van der Waals surface area contributed by atoms with Gasteiger partial charge in [0.2, 0.25) is 0 Å². The third-order valence-electron chi connectivity index (χ3n) is 5.02. The molecule has 2 aliphatic rings. The van der Waals surface area contributed by atoms with E-state index in [4.69, 9.17) is 14.2 Å². The first-order valence-corrected chi connectivity index (χ1v) is 11.7. The number of ether oxygens (including phenoxy) is 3. The van der Waals surface area contributed by atoms with E-state index in [2.05, 4.69) is 102 Å². The maximum atomic E-state index is 6.90. The minimum absolute atomic E-state index is 0.527. The number of hydrogen-bond acceptors (Lipinski definition) is 3. The van der Waals surface area contributed by atoms with Crippen LogP contribution in [0.1, 0.15) is 22.3 Å². The van der Waals surface area contributed by atoms with E-state index in [1.807, 2.05) is 24.3 Å². The minimum atomic E-state index is -0.941. The average Bonchev–Trinajstić information content (AvgIpc) is 3.55. The van der Waals surface area contributed by atoms with Crippen LogP contribution < -0.4 is 0 Å². The molecule has 0 aromatic heterocycles. The SMILES string of the molecule is Cc1ccccc1C(Br)(OC(Br)(c1ccccc1C)C1(Br)CO1)C1(Br)CO1. The molecule has 27 heavy (non-hydrogen) atoms. The number of benzene rings is 2. The molecule has 144 valence electrons. The predicted octanol–water partition coefficient (Wildman–Crippen LogP) is 6.36. The van der Waals surface area contributed by atoms with Crippen molar-refractivity contribution in [1.82, 2.24) is 0 Å². The van der Waals surface area contributed by atoms with Crippen LogP contribution in [0.4, 0.5) is 0 Å². The Morgan fingerprint density at radius 2 is 1.11 bits per heavy atom. The van der Waals surface area contributed by atoms with Crippen LogP contribution in [-0.4, -0.2) is 22.2 Å². The van der Waals surface area contributed by atoms with Gasteiger partial charge in [0.15, 0.2) is 18.0 Å². The monoisotopic (exact) mass is 622 g/mol. The van der Waals surface area contributed by atoms with Crippen LogP contribution in [0.5, 0.6) is 0 Å². The molecule has 0 amide bonds. The number of aryl methyl sites for hydroxylation is 2. The maximum Gasteiger partial charge on any atom is 0.191 e. The fourth-order valence-corrected chi connectivity index (χ4v) is 6.09. The molecule has 2 aromatic carbocycles. The zero-order valence-electron chi connectivity index (χ0n) is 14.8. The van der Waals surface area contributed by atoms with Crippen molar-refractivity contribution in [2.24, 2.45) is 0 Å². The Labute approximate surface area is 192 Å². The third kappa shape index (κ3) is 3.31. The van der Waals surface area contributed by atoms with Crippen molar-refractivity contribution in [2.75, 3.05) is 13.2 Å². The summed E-state index contributed by atoms with van der Waals surface area (Å²) in [6.45, 7) is 5.18. The molecule has 2 aliphatic heterocycles. The van der Waals surface area contributed by atoms with E-state index in [9.17, 15) is 0 Å². The van der Waals surface area contributed by atoms with Gasteiger partial charge in [-0.15, -0.1) is 0 Å². The number of hydrogen-bond donors (Lipinski definition) is 0. The van der Waals surface area contributed by atoms with E-state index in [1.165, 1.54) is 0 Å². The molecule has 2 saturated heterocycles. The summed E-state index contributed by atoms with van der Waals surface area (Å²) < 4.78 is 15.2. The van der Waals surface area contributed by atoms with Gasteiger partial charge < -0.3 is 14.2 Å². The molecule has 4 rings (SSSR count). The lowest BCUT2D eigenvalue weighted by Crippen LogP contribution is -2.47. The Morgan fingerprint density at radius 3 is 1.41 bits per heavy atom. The summed E-state index contributed by atoms with van der Waals surface area (Å²) in [6, 6.07) is 16.3. The molecule has 2 aromatic rings. The normalized spacial score (nSPS) is 31.0. The molecule has 2 heterocycles. The molecule has 0 radical (unpaired) electrons. The van der Waals surface area contributed by atoms with Gasteiger partial charge >= 0.3 is 0 Å². The number of epoxide rings is 2. The van der Waals surface area contributed by atoms with Crippen LogP contribution >= 0.6 is 63.7 Å². The number of halogens is 4. The average molecular weight is 626 g/mol. The summed E-state index contributed by atoms with van der Waals surface area (Å²) in [7, 11) is 0. The van der Waals surface area contributed by atoms with Crippen LogP contribution in [-0.2, 0) is 23.2 Å². The van der Waals surface area contributed by atoms with Crippen molar-refractivity contribution < 1.29 is 14.2 Å². The van der Waals surface area contributed by atoms with Gasteiger partial charge in [-0.25, -0.2) is 0 Å². The van der Waals surface area contributed by atoms with Gasteiger partial charge in [0, 0.05) is 11.1 Å². The van der Waals surface area contributed by atoms with Crippen molar-refractivity contribution in [3.8, 4) is 0 Å². The standard InChI is InChI=1S/C20H18Br4O3/c1-13-7-3-5-9-15(13)19(23,17(21)11-25-17)27-20(24,18(22)12-26-18)16-10-6-4-8-14(16)2/h3-10H,11-12H2,1-2H3. The fourth-order valence-electron chi connectivity index (χ4n) is 3.22. The second-order valence-corrected chi connectivity index (χ2v) is 11.8. The first-order valence-electron chi connectivity index (χ1n) is 8.51. The molecule has 4 unspecified atom stereocenters. The van der Waals surface area contributed by atoms with Crippen molar-refractivity contribution in [2.45, 2.75) is 31.9 Å². The maximum absolute atomic E-state index is 6.90. The molecule has 0 saturated carbocycles. The summed E-state index contributed by atoms with van der Waals surface area (Å²) in [6.07, 6.45) is 0. The lowest BCUT2D eigenvalue weighted by Gasteiger charge is -2.42. The van der Waals surface area contributed by atoms with Gasteiger partial charge in [-0.05, 0) is 88.7 Å². The van der Waals surface area contributed by atoms with Crippen molar-refractivity contribution in [3.05, 3.63) is 70.8 Å². The molecular formula is C20H18Br4O3. The van der Waals surface area contributed by atoms with Gasteiger partial charge in [0.25, 0.3) is 0 Å². The molecule has 0 bridgehead atoms. The molecule has 4 atom stereocenters. The summed E-state index contributed by atoms with van der Waals surface area (Å²) >= 11 is 15.3. The van der Waals surface area contributed by atoms with Crippen LogP contribution in [0.3, 0.4) is 0 Å². The molecule has 0 N–H and O–H groups in total. The molecule has 3 nitrogen and oxygen atoms in total. The molecule has 0 aliphatic carbocycles. The Kier molecular flexibility index (Phi) is 5.24. The Bertz CT molecular complexity index is 810. The van der Waals surface area contributed by atoms with E-state index >= 15 is 0 Å². The Balaban J connectivity index is 1.86. The van der Waals surface area contributed by atoms with E-state index in [-0.39, 0.29) is 0 Å². The van der Waals surface area contributed by atoms with Crippen molar-refractivity contribution >= 4 is 63.7 Å². The van der Waals surface area contributed by atoms with Crippen LogP contribution in [0.2, 0.25) is 0 Å². The molecule has 7 heteroatoms. The number of rotatable bonds is 6. The summed E-state index contributed by atoms with van der Waals surface area (Å²) in [5.41, 5.74) is 4.19. The largest absolute Gasteiger partial charge is 0.353 e. The fraction of sp³-hybridized carbons (Fsp3) is 0.400. The first kappa shape index (κ1) is 20.5. The highest BCUT2D eigenvalue weighted by Crippen LogP contribution is 2.65. The number of alkyl halides is 4. The molecule has 0 spiro atoms. The van der Waals surface area contributed by atoms with Gasteiger partial charge in [0.05, 0.1) is 13.2 Å². The summed E-state index contributed by atoms with van der Waals surface area (Å²) in [5, 5.41) is 0. The van der Waals surface area contributed by atoms with Crippen molar-refractivity contribution in [1.29, 1.82) is 0 Å². The predicted molar refractivity (Wildman–Crippen MR) is 120 cm³/mol. The van der Waals surface area contributed by atoms with Crippen LogP contribution in [0, 0.1) is 13.8 Å². The smallest absolute Gasteiger partial charge is 0.191 e. The van der Waals surface area contributed by atoms with Gasteiger partial charge in [-0.1, -0.05) is 48.5 Å². The lowest BCUT2D eigenvalue weighted by atomic mass is 9.98. The second-order valence-electron chi connectivity index (χ2n) is 6.96. The van der Waals surface area contributed by atoms with Crippen LogP contribution in [0.15, 0.2) is 48.5 Å². The topological polar surface area (TPSA) is 34.3 Å². The highest BCUT2D eigenvalue weighted by atomic mass is 79.9. The van der Waals surface area contributed by atoms with E-state index in [1.54, 1.807) is 0 Å². The highest BCUT2D eigenvalue weighted by Gasteiger charge is 2.70. The van der Waals surface area contributed by atoms with Gasteiger partial charge in [0.1, 0.15) is 0 Å².